The summed E-state index contributed by atoms with van der Waals surface area (Å²) in [6.07, 6.45) is 2.51. The second-order valence-corrected chi connectivity index (χ2v) is 4.62. The number of nitrogens with zero attached hydrogens (tertiary/aromatic N) is 1. The van der Waals surface area contributed by atoms with Crippen LogP contribution in [0, 0.1) is 0 Å². The highest BCUT2D eigenvalue weighted by Crippen LogP contribution is 2.27. The van der Waals surface area contributed by atoms with E-state index in [0.29, 0.717) is 18.1 Å². The second-order valence-electron chi connectivity index (χ2n) is 3.38. The van der Waals surface area contributed by atoms with E-state index in [0.717, 1.165) is 6.54 Å². The Morgan fingerprint density at radius 1 is 1.55 bits per heavy atom. The van der Waals surface area contributed by atoms with Gasteiger partial charge in [-0.05, 0) is 12.8 Å². The Balaban J connectivity index is 2.07. The van der Waals surface area contributed by atoms with Crippen LogP contribution < -0.4 is 5.32 Å². The maximum absolute atomic E-state index is 9.10. The number of piperazine rings is 1. The fraction of sp³-hybridized carbons (Fsp3) is 1.00. The fourth-order valence-corrected chi connectivity index (χ4v) is 3.09. The van der Waals surface area contributed by atoms with Crippen LogP contribution in [0.5, 0.6) is 0 Å². The van der Waals surface area contributed by atoms with E-state index in [-0.39, 0.29) is 6.61 Å². The summed E-state index contributed by atoms with van der Waals surface area (Å²) in [5.41, 5.74) is 0. The SMILES string of the molecule is OCC1C2CCC(CN1I)N2. The van der Waals surface area contributed by atoms with Crippen LogP contribution in [0.4, 0.5) is 0 Å². The summed E-state index contributed by atoms with van der Waals surface area (Å²) in [6, 6.07) is 1.56. The normalized spacial score (nSPS) is 44.7. The van der Waals surface area contributed by atoms with Gasteiger partial charge in [0.25, 0.3) is 0 Å². The number of rotatable bonds is 1. The first kappa shape index (κ1) is 8.22. The van der Waals surface area contributed by atoms with Crippen LogP contribution in [0.25, 0.3) is 0 Å². The maximum atomic E-state index is 9.10. The van der Waals surface area contributed by atoms with Crippen molar-refractivity contribution in [3.8, 4) is 0 Å². The van der Waals surface area contributed by atoms with E-state index < -0.39 is 0 Å². The zero-order valence-corrected chi connectivity index (χ0v) is 8.49. The van der Waals surface area contributed by atoms with Crippen molar-refractivity contribution in [3.63, 3.8) is 0 Å². The van der Waals surface area contributed by atoms with Crippen molar-refractivity contribution in [1.29, 1.82) is 0 Å². The summed E-state index contributed by atoms with van der Waals surface area (Å²) < 4.78 is 2.25. The molecule has 2 bridgehead atoms. The van der Waals surface area contributed by atoms with E-state index in [1.54, 1.807) is 0 Å². The summed E-state index contributed by atoms with van der Waals surface area (Å²) in [6.45, 7) is 1.37. The van der Waals surface area contributed by atoms with Gasteiger partial charge in [-0.25, -0.2) is 3.11 Å². The van der Waals surface area contributed by atoms with Crippen molar-refractivity contribution in [2.24, 2.45) is 0 Å². The molecule has 3 nitrogen and oxygen atoms in total. The van der Waals surface area contributed by atoms with E-state index in [1.807, 2.05) is 0 Å². The molecule has 0 aliphatic carbocycles. The van der Waals surface area contributed by atoms with Crippen LogP contribution >= 0.6 is 22.9 Å². The van der Waals surface area contributed by atoms with Gasteiger partial charge < -0.3 is 10.4 Å². The van der Waals surface area contributed by atoms with Crippen LogP contribution in [-0.4, -0.2) is 39.5 Å². The lowest BCUT2D eigenvalue weighted by Gasteiger charge is -2.35. The molecule has 2 N–H and O–H groups in total. The van der Waals surface area contributed by atoms with Crippen molar-refractivity contribution in [2.75, 3.05) is 13.2 Å². The first-order chi connectivity index (χ1) is 5.31. The largest absolute Gasteiger partial charge is 0.395 e. The van der Waals surface area contributed by atoms with Crippen molar-refractivity contribution < 1.29 is 5.11 Å². The predicted octanol–water partition coefficient (Wildman–Crippen LogP) is 0.134. The molecule has 2 heterocycles. The van der Waals surface area contributed by atoms with Gasteiger partial charge in [-0.1, -0.05) is 0 Å². The summed E-state index contributed by atoms with van der Waals surface area (Å²) in [4.78, 5) is 0. The Hall–Kier alpha value is 0.610. The molecule has 2 aliphatic rings. The third-order valence-electron chi connectivity index (χ3n) is 2.68. The van der Waals surface area contributed by atoms with E-state index in [9.17, 15) is 0 Å². The molecular formula is C7H13IN2O. The minimum atomic E-state index is 0.285. The van der Waals surface area contributed by atoms with Crippen LogP contribution in [0.15, 0.2) is 0 Å². The van der Waals surface area contributed by atoms with Crippen molar-refractivity contribution in [3.05, 3.63) is 0 Å². The smallest absolute Gasteiger partial charge is 0.0610 e. The molecule has 0 aromatic heterocycles. The van der Waals surface area contributed by atoms with Gasteiger partial charge in [0, 0.05) is 41.5 Å². The van der Waals surface area contributed by atoms with Gasteiger partial charge in [0.1, 0.15) is 0 Å². The molecular weight excluding hydrogens is 255 g/mol. The molecule has 2 rings (SSSR count). The van der Waals surface area contributed by atoms with Gasteiger partial charge in [0.05, 0.1) is 12.6 Å². The minimum Gasteiger partial charge on any atom is -0.395 e. The maximum Gasteiger partial charge on any atom is 0.0610 e. The Morgan fingerprint density at radius 2 is 2.36 bits per heavy atom. The number of nitrogens with one attached hydrogen (secondary N) is 1. The monoisotopic (exact) mass is 268 g/mol. The predicted molar refractivity (Wildman–Crippen MR) is 51.5 cm³/mol. The molecule has 64 valence electrons. The standard InChI is InChI=1S/C7H13IN2O/c8-10-3-5-1-2-6(9-5)7(10)4-11/h5-7,9,11H,1-4H2. The van der Waals surface area contributed by atoms with E-state index in [1.165, 1.54) is 12.8 Å². The quantitative estimate of drug-likeness (QED) is 0.524. The summed E-state index contributed by atoms with van der Waals surface area (Å²) in [7, 11) is 0. The number of hydrogen-bond acceptors (Lipinski definition) is 3. The third-order valence-corrected chi connectivity index (χ3v) is 3.79. The molecule has 0 aromatic rings. The molecule has 0 radical (unpaired) electrons. The van der Waals surface area contributed by atoms with E-state index in [2.05, 4.69) is 31.3 Å². The molecule has 2 saturated heterocycles. The highest BCUT2D eigenvalue weighted by molar-refractivity contribution is 14.1. The average molecular weight is 268 g/mol. The Labute approximate surface area is 80.6 Å². The highest BCUT2D eigenvalue weighted by atomic mass is 127. The van der Waals surface area contributed by atoms with Crippen LogP contribution in [0.2, 0.25) is 0 Å². The fourth-order valence-electron chi connectivity index (χ4n) is 2.05. The molecule has 2 fully saturated rings. The van der Waals surface area contributed by atoms with Gasteiger partial charge >= 0.3 is 0 Å². The minimum absolute atomic E-state index is 0.285. The molecule has 11 heavy (non-hydrogen) atoms. The molecule has 3 unspecified atom stereocenters. The number of aliphatic hydroxyl groups is 1. The van der Waals surface area contributed by atoms with Gasteiger partial charge in [0.15, 0.2) is 0 Å². The van der Waals surface area contributed by atoms with Gasteiger partial charge in [-0.2, -0.15) is 0 Å². The second kappa shape index (κ2) is 3.16. The van der Waals surface area contributed by atoms with E-state index in [4.69, 9.17) is 5.11 Å². The Kier molecular flexibility index (Phi) is 2.36. The number of halogens is 1. The molecule has 0 spiro atoms. The number of hydrogen-bond donors (Lipinski definition) is 2. The molecule has 2 aliphatic heterocycles. The molecule has 4 heteroatoms. The molecule has 0 aromatic carbocycles. The van der Waals surface area contributed by atoms with Crippen molar-refractivity contribution in [2.45, 2.75) is 31.0 Å². The van der Waals surface area contributed by atoms with Crippen LogP contribution in [0.1, 0.15) is 12.8 Å². The number of aliphatic hydroxyl groups excluding tert-OH is 1. The molecule has 0 amide bonds. The molecule has 3 atom stereocenters. The Bertz CT molecular complexity index is 155. The van der Waals surface area contributed by atoms with Gasteiger partial charge in [-0.3, -0.25) is 0 Å². The van der Waals surface area contributed by atoms with Gasteiger partial charge in [0.2, 0.25) is 0 Å². The average Bonchev–Trinajstić information content (AvgIpc) is 2.34. The Morgan fingerprint density at radius 3 is 3.09 bits per heavy atom. The van der Waals surface area contributed by atoms with Crippen LogP contribution in [-0.2, 0) is 0 Å². The number of fused-ring (bicyclic) bond motifs is 2. The third kappa shape index (κ3) is 1.41. The zero-order chi connectivity index (χ0) is 7.84. The topological polar surface area (TPSA) is 35.5 Å². The van der Waals surface area contributed by atoms with Crippen molar-refractivity contribution >= 4 is 22.9 Å². The first-order valence-corrected chi connectivity index (χ1v) is 5.07. The summed E-state index contributed by atoms with van der Waals surface area (Å²) in [5, 5.41) is 12.6. The zero-order valence-electron chi connectivity index (χ0n) is 6.33. The lowest BCUT2D eigenvalue weighted by Crippen LogP contribution is -2.55. The highest BCUT2D eigenvalue weighted by Gasteiger charge is 2.38. The lowest BCUT2D eigenvalue weighted by atomic mass is 10.1. The summed E-state index contributed by atoms with van der Waals surface area (Å²) in [5.74, 6) is 0. The summed E-state index contributed by atoms with van der Waals surface area (Å²) >= 11 is 2.32. The first-order valence-electron chi connectivity index (χ1n) is 4.10. The lowest BCUT2D eigenvalue weighted by molar-refractivity contribution is 0.152. The van der Waals surface area contributed by atoms with Gasteiger partial charge in [-0.15, -0.1) is 0 Å². The van der Waals surface area contributed by atoms with E-state index >= 15 is 0 Å². The van der Waals surface area contributed by atoms with Crippen LogP contribution in [0.3, 0.4) is 0 Å². The van der Waals surface area contributed by atoms with Crippen molar-refractivity contribution in [1.82, 2.24) is 8.43 Å². The molecule has 0 saturated carbocycles.